The molecule has 3 N–H and O–H groups in total. The minimum atomic E-state index is -1.45. The van der Waals surface area contributed by atoms with E-state index in [1.54, 1.807) is 6.20 Å². The molecule has 0 saturated carbocycles. The summed E-state index contributed by atoms with van der Waals surface area (Å²) >= 11 is 0. The van der Waals surface area contributed by atoms with Crippen molar-refractivity contribution >= 4 is 5.91 Å². The molecular formula is C16H19N3O3. The fourth-order valence-corrected chi connectivity index (χ4v) is 2.77. The zero-order chi connectivity index (χ0) is 15.6. The summed E-state index contributed by atoms with van der Waals surface area (Å²) in [6, 6.07) is 9.73. The van der Waals surface area contributed by atoms with Crippen molar-refractivity contribution in [1.82, 2.24) is 9.88 Å². The molecule has 22 heavy (non-hydrogen) atoms. The van der Waals surface area contributed by atoms with E-state index in [9.17, 15) is 9.90 Å². The van der Waals surface area contributed by atoms with Crippen molar-refractivity contribution in [3.05, 3.63) is 42.4 Å². The van der Waals surface area contributed by atoms with E-state index >= 15 is 0 Å². The van der Waals surface area contributed by atoms with Gasteiger partial charge in [-0.15, -0.1) is 0 Å². The van der Waals surface area contributed by atoms with E-state index in [4.69, 9.17) is 10.2 Å². The van der Waals surface area contributed by atoms with Gasteiger partial charge in [0.25, 0.3) is 5.91 Å². The van der Waals surface area contributed by atoms with Crippen LogP contribution >= 0.6 is 0 Å². The smallest absolute Gasteiger partial charge is 0.250 e. The van der Waals surface area contributed by atoms with Gasteiger partial charge in [-0.1, -0.05) is 30.3 Å². The Labute approximate surface area is 128 Å². The van der Waals surface area contributed by atoms with Gasteiger partial charge in [0.1, 0.15) is 0 Å². The van der Waals surface area contributed by atoms with Crippen LogP contribution in [0.3, 0.4) is 0 Å². The topological polar surface area (TPSA) is 92.6 Å². The largest absolute Gasteiger partial charge is 0.439 e. The molecule has 1 atom stereocenters. The molecule has 1 aliphatic rings. The summed E-state index contributed by atoms with van der Waals surface area (Å²) in [7, 11) is 0. The lowest BCUT2D eigenvalue weighted by Gasteiger charge is -2.36. The van der Waals surface area contributed by atoms with Gasteiger partial charge in [-0.25, -0.2) is 4.98 Å². The molecule has 0 bridgehead atoms. The van der Waals surface area contributed by atoms with Crippen LogP contribution in [0.4, 0.5) is 0 Å². The molecule has 116 valence electrons. The highest BCUT2D eigenvalue weighted by Crippen LogP contribution is 2.24. The van der Waals surface area contributed by atoms with Crippen LogP contribution < -0.4 is 5.73 Å². The van der Waals surface area contributed by atoms with Crippen molar-refractivity contribution in [2.75, 3.05) is 13.1 Å². The predicted molar refractivity (Wildman–Crippen MR) is 80.6 cm³/mol. The summed E-state index contributed by atoms with van der Waals surface area (Å²) in [5.74, 6) is 0.597. The number of β-amino-alcohol motifs (C(OH)–C–C–N with tert-alkyl or cyclic N) is 1. The summed E-state index contributed by atoms with van der Waals surface area (Å²) in [4.78, 5) is 17.6. The van der Waals surface area contributed by atoms with Crippen LogP contribution in [-0.4, -0.2) is 39.6 Å². The molecule has 6 heteroatoms. The van der Waals surface area contributed by atoms with Crippen molar-refractivity contribution in [3.63, 3.8) is 0 Å². The summed E-state index contributed by atoms with van der Waals surface area (Å²) in [5, 5.41) is 10.2. The molecule has 1 saturated heterocycles. The maximum absolute atomic E-state index is 11.4. The van der Waals surface area contributed by atoms with Crippen molar-refractivity contribution in [2.24, 2.45) is 5.73 Å². The van der Waals surface area contributed by atoms with E-state index in [-0.39, 0.29) is 6.54 Å². The highest BCUT2D eigenvalue weighted by Gasteiger charge is 2.38. The third-order valence-electron chi connectivity index (χ3n) is 3.98. The molecule has 0 radical (unpaired) electrons. The second kappa shape index (κ2) is 5.90. The first kappa shape index (κ1) is 14.7. The van der Waals surface area contributed by atoms with E-state index in [2.05, 4.69) is 4.98 Å². The molecule has 2 heterocycles. The van der Waals surface area contributed by atoms with Gasteiger partial charge in [0.2, 0.25) is 5.89 Å². The Balaban J connectivity index is 1.69. The summed E-state index contributed by atoms with van der Waals surface area (Å²) in [6.07, 6.45) is 2.81. The fraction of sp³-hybridized carbons (Fsp3) is 0.375. The lowest BCUT2D eigenvalue weighted by molar-refractivity contribution is -0.142. The number of hydrogen-bond acceptors (Lipinski definition) is 5. The number of nitrogens with two attached hydrogens (primary N) is 1. The number of piperidine rings is 1. The van der Waals surface area contributed by atoms with Gasteiger partial charge in [-0.3, -0.25) is 9.69 Å². The number of likely N-dealkylation sites (tertiary alicyclic amines) is 1. The molecule has 0 aliphatic carbocycles. The van der Waals surface area contributed by atoms with E-state index in [0.717, 1.165) is 12.1 Å². The number of primary amides is 1. The molecule has 1 fully saturated rings. The fourth-order valence-electron chi connectivity index (χ4n) is 2.77. The number of hydrogen-bond donors (Lipinski definition) is 2. The monoisotopic (exact) mass is 301 g/mol. The number of aliphatic hydroxyl groups is 1. The molecule has 2 aromatic rings. The molecule has 3 rings (SSSR count). The summed E-state index contributed by atoms with van der Waals surface area (Å²) in [6.45, 7) is 1.44. The van der Waals surface area contributed by atoms with Crippen molar-refractivity contribution < 1.29 is 14.3 Å². The third-order valence-corrected chi connectivity index (χ3v) is 3.98. The van der Waals surface area contributed by atoms with Gasteiger partial charge < -0.3 is 15.3 Å². The number of nitrogens with zero attached hydrogens (tertiary/aromatic N) is 2. The van der Waals surface area contributed by atoms with Gasteiger partial charge in [0.05, 0.1) is 12.7 Å². The number of carbonyl (C=O) groups excluding carboxylic acids is 1. The number of oxazole rings is 1. The van der Waals surface area contributed by atoms with Crippen molar-refractivity contribution in [2.45, 2.75) is 25.0 Å². The van der Waals surface area contributed by atoms with Crippen LogP contribution in [-0.2, 0) is 11.3 Å². The number of benzene rings is 1. The highest BCUT2D eigenvalue weighted by atomic mass is 16.4. The van der Waals surface area contributed by atoms with Crippen LogP contribution in [0.5, 0.6) is 0 Å². The van der Waals surface area contributed by atoms with Gasteiger partial charge in [0.15, 0.2) is 11.4 Å². The van der Waals surface area contributed by atoms with Gasteiger partial charge >= 0.3 is 0 Å². The minimum Gasteiger partial charge on any atom is -0.439 e. The van der Waals surface area contributed by atoms with E-state index < -0.39 is 11.5 Å². The van der Waals surface area contributed by atoms with Gasteiger partial charge in [-0.05, 0) is 19.4 Å². The third kappa shape index (κ3) is 3.03. The van der Waals surface area contributed by atoms with E-state index in [1.165, 1.54) is 0 Å². The molecular weight excluding hydrogens is 282 g/mol. The van der Waals surface area contributed by atoms with Crippen LogP contribution in [0, 0.1) is 0 Å². The zero-order valence-electron chi connectivity index (χ0n) is 12.2. The average molecular weight is 301 g/mol. The van der Waals surface area contributed by atoms with Crippen molar-refractivity contribution in [1.29, 1.82) is 0 Å². The number of amides is 1. The van der Waals surface area contributed by atoms with Crippen molar-refractivity contribution in [3.8, 4) is 11.3 Å². The first-order valence-electron chi connectivity index (χ1n) is 7.32. The predicted octanol–water partition coefficient (Wildman–Crippen LogP) is 1.15. The standard InChI is InChI=1S/C16H19N3O3/c17-15(20)16(21)7-4-8-19(11-16)10-14-18-9-13(22-14)12-5-2-1-3-6-12/h1-3,5-6,9,21H,4,7-8,10-11H2,(H2,17,20)/t16-/m0/s1. The quantitative estimate of drug-likeness (QED) is 0.884. The normalized spacial score (nSPS) is 22.6. The lowest BCUT2D eigenvalue weighted by Crippen LogP contribution is -2.55. The van der Waals surface area contributed by atoms with Crippen LogP contribution in [0.1, 0.15) is 18.7 Å². The Morgan fingerprint density at radius 2 is 2.18 bits per heavy atom. The average Bonchev–Trinajstić information content (AvgIpc) is 2.97. The summed E-state index contributed by atoms with van der Waals surface area (Å²) in [5.41, 5.74) is 4.80. The van der Waals surface area contributed by atoms with Gasteiger partial charge in [-0.2, -0.15) is 0 Å². The first-order valence-corrected chi connectivity index (χ1v) is 7.32. The second-order valence-corrected chi connectivity index (χ2v) is 5.69. The molecule has 1 aliphatic heterocycles. The Kier molecular flexibility index (Phi) is 3.96. The molecule has 1 aromatic heterocycles. The Morgan fingerprint density at radius 1 is 1.41 bits per heavy atom. The second-order valence-electron chi connectivity index (χ2n) is 5.69. The zero-order valence-corrected chi connectivity index (χ0v) is 12.2. The minimum absolute atomic E-state index is 0.214. The number of rotatable bonds is 4. The highest BCUT2D eigenvalue weighted by molar-refractivity contribution is 5.83. The lowest BCUT2D eigenvalue weighted by atomic mass is 9.92. The molecule has 6 nitrogen and oxygen atoms in total. The van der Waals surface area contributed by atoms with Gasteiger partial charge in [0, 0.05) is 12.1 Å². The maximum atomic E-state index is 11.4. The molecule has 1 aromatic carbocycles. The molecule has 0 unspecified atom stereocenters. The molecule has 0 spiro atoms. The SMILES string of the molecule is NC(=O)[C@]1(O)CCCN(Cc2ncc(-c3ccccc3)o2)C1. The molecule has 1 amide bonds. The number of carbonyl (C=O) groups is 1. The Hall–Kier alpha value is -2.18. The number of aromatic nitrogens is 1. The van der Waals surface area contributed by atoms with E-state index in [0.29, 0.717) is 31.0 Å². The first-order chi connectivity index (χ1) is 10.6. The van der Waals surface area contributed by atoms with Crippen LogP contribution in [0.15, 0.2) is 40.9 Å². The Morgan fingerprint density at radius 3 is 2.91 bits per heavy atom. The maximum Gasteiger partial charge on any atom is 0.250 e. The van der Waals surface area contributed by atoms with Crippen LogP contribution in [0.25, 0.3) is 11.3 Å². The Bertz CT molecular complexity index is 656. The van der Waals surface area contributed by atoms with E-state index in [1.807, 2.05) is 35.2 Å². The summed E-state index contributed by atoms with van der Waals surface area (Å²) < 4.78 is 5.75. The van der Waals surface area contributed by atoms with Crippen LogP contribution in [0.2, 0.25) is 0 Å².